The Labute approximate surface area is 229 Å². The van der Waals surface area contributed by atoms with E-state index in [0.717, 1.165) is 24.3 Å². The molecule has 1 amide bonds. The van der Waals surface area contributed by atoms with Gasteiger partial charge < -0.3 is 20.1 Å². The fourth-order valence-corrected chi connectivity index (χ4v) is 6.95. The number of hydrogen-bond acceptors (Lipinski definition) is 11. The largest absolute Gasteiger partial charge is 0.393 e. The molecular weight excluding hydrogens is 554 g/mol. The third-order valence-corrected chi connectivity index (χ3v) is 8.89. The van der Waals surface area contributed by atoms with Gasteiger partial charge in [0, 0.05) is 47.3 Å². The number of carbonyl (C=O) groups is 3. The maximum atomic E-state index is 13.2. The van der Waals surface area contributed by atoms with Gasteiger partial charge in [-0.25, -0.2) is 19.5 Å². The molecule has 6 atom stereocenters. The van der Waals surface area contributed by atoms with Gasteiger partial charge in [0.05, 0.1) is 28.6 Å². The molecule has 0 aromatic heterocycles. The van der Waals surface area contributed by atoms with Crippen molar-refractivity contribution in [3.05, 3.63) is 50.5 Å². The number of benzene rings is 1. The van der Waals surface area contributed by atoms with Crippen molar-refractivity contribution in [1.82, 2.24) is 14.9 Å². The quantitative estimate of drug-likeness (QED) is 0.101. The number of β-lactam (4-membered cyclic amide) rings is 1. The highest BCUT2D eigenvalue weighted by atomic mass is 32.2. The van der Waals surface area contributed by atoms with E-state index in [9.17, 15) is 38.0 Å². The first-order chi connectivity index (χ1) is 17.8. The Bertz CT molecular complexity index is 1300. The SMILES string of the molecule is C.C[C@@H](O)[C@H]1C(=O)N2C(C(=O)OC(=O)c3ccc([N+](=O)[O-])cc3)=C(S[C@@H]3CN[C@H](CNS(N)(=O)=O)C3)[C@H](C)[C@H]12. The van der Waals surface area contributed by atoms with Crippen LogP contribution in [0.5, 0.6) is 0 Å². The number of nitro groups is 1. The zero-order chi connectivity index (χ0) is 27.9. The number of thioether (sulfide) groups is 1. The van der Waals surface area contributed by atoms with Gasteiger partial charge in [-0.1, -0.05) is 14.4 Å². The van der Waals surface area contributed by atoms with E-state index in [4.69, 9.17) is 9.88 Å². The molecule has 39 heavy (non-hydrogen) atoms. The van der Waals surface area contributed by atoms with Gasteiger partial charge in [0.15, 0.2) is 0 Å². The summed E-state index contributed by atoms with van der Waals surface area (Å²) >= 11 is 1.33. The van der Waals surface area contributed by atoms with Crippen LogP contribution in [0.25, 0.3) is 0 Å². The van der Waals surface area contributed by atoms with Crippen molar-refractivity contribution in [3.63, 3.8) is 0 Å². The Kier molecular flexibility index (Phi) is 9.19. The number of nitrogens with zero attached hydrogens (tertiary/aromatic N) is 2. The highest BCUT2D eigenvalue weighted by Gasteiger charge is 2.60. The second-order valence-corrected chi connectivity index (χ2v) is 12.1. The molecule has 3 heterocycles. The molecule has 1 aromatic rings. The number of fused-ring (bicyclic) bond motifs is 1. The van der Waals surface area contributed by atoms with E-state index in [0.29, 0.717) is 17.9 Å². The second kappa shape index (κ2) is 11.7. The van der Waals surface area contributed by atoms with Crippen molar-refractivity contribution in [3.8, 4) is 0 Å². The fraction of sp³-hybridized carbons (Fsp3) is 0.522. The van der Waals surface area contributed by atoms with E-state index >= 15 is 0 Å². The predicted molar refractivity (Wildman–Crippen MR) is 141 cm³/mol. The zero-order valence-corrected chi connectivity index (χ0v) is 22.0. The molecule has 0 spiro atoms. The van der Waals surface area contributed by atoms with Crippen LogP contribution in [0.15, 0.2) is 34.9 Å². The molecule has 14 nitrogen and oxygen atoms in total. The third kappa shape index (κ3) is 6.31. The van der Waals surface area contributed by atoms with Crippen LogP contribution in [0.4, 0.5) is 5.69 Å². The summed E-state index contributed by atoms with van der Waals surface area (Å²) in [5.74, 6) is -3.59. The minimum absolute atomic E-state index is 0. The summed E-state index contributed by atoms with van der Waals surface area (Å²) in [6.45, 7) is 3.89. The van der Waals surface area contributed by atoms with Gasteiger partial charge in [0.1, 0.15) is 5.70 Å². The number of aliphatic hydroxyl groups is 1. The van der Waals surface area contributed by atoms with Crippen LogP contribution in [0, 0.1) is 22.0 Å². The number of non-ortho nitro benzene ring substituents is 1. The summed E-state index contributed by atoms with van der Waals surface area (Å²) in [7, 11) is -3.85. The molecular formula is C23H31N5O9S2. The number of rotatable bonds is 9. The highest BCUT2D eigenvalue weighted by Crippen LogP contribution is 2.52. The van der Waals surface area contributed by atoms with Gasteiger partial charge in [-0.2, -0.15) is 8.42 Å². The van der Waals surface area contributed by atoms with Crippen LogP contribution < -0.4 is 15.2 Å². The number of esters is 2. The Morgan fingerprint density at radius 1 is 1.33 bits per heavy atom. The molecule has 3 aliphatic rings. The topological polar surface area (TPSA) is 211 Å². The summed E-state index contributed by atoms with van der Waals surface area (Å²) in [6, 6.07) is 3.85. The lowest BCUT2D eigenvalue weighted by molar-refractivity contribution is -0.384. The fourth-order valence-electron chi connectivity index (χ4n) is 5.00. The minimum Gasteiger partial charge on any atom is -0.393 e. The van der Waals surface area contributed by atoms with E-state index in [1.165, 1.54) is 23.6 Å². The number of nitrogens with one attached hydrogen (secondary N) is 2. The standard InChI is InChI=1S/C22H27N5O9S2.CH4/c1-10-17-16(11(2)28)20(29)26(17)18(19(10)37-15-7-13(24-9-15)8-25-38(23,34)35)22(31)36-21(30)12-3-5-14(6-4-12)27(32)33;/h3-6,10-11,13,15-17,24-25,28H,7-9H2,1-2H3,(H2,23,34,35);1H4/t10-,11-,13+,15+,16-,17-;/m1./s1. The first kappa shape index (κ1) is 30.6. The number of nitrogens with two attached hydrogens (primary N) is 1. The molecule has 214 valence electrons. The first-order valence-corrected chi connectivity index (χ1v) is 14.1. The van der Waals surface area contributed by atoms with Crippen LogP contribution in [0.2, 0.25) is 0 Å². The normalized spacial score (nSPS) is 26.9. The van der Waals surface area contributed by atoms with Crippen molar-refractivity contribution in [2.45, 2.75) is 51.1 Å². The monoisotopic (exact) mass is 585 g/mol. The van der Waals surface area contributed by atoms with Gasteiger partial charge in [0.2, 0.25) is 5.91 Å². The number of aliphatic hydroxyl groups excluding tert-OH is 1. The second-order valence-electron chi connectivity index (χ2n) is 9.42. The van der Waals surface area contributed by atoms with E-state index in [1.807, 2.05) is 6.92 Å². The van der Waals surface area contributed by atoms with E-state index < -0.39 is 51.0 Å². The lowest BCUT2D eigenvalue weighted by Gasteiger charge is -2.46. The average Bonchev–Trinajstić information content (AvgIpc) is 3.38. The van der Waals surface area contributed by atoms with Crippen molar-refractivity contribution in [1.29, 1.82) is 0 Å². The zero-order valence-electron chi connectivity index (χ0n) is 20.4. The van der Waals surface area contributed by atoms with Gasteiger partial charge in [-0.3, -0.25) is 14.9 Å². The Morgan fingerprint density at radius 3 is 2.54 bits per heavy atom. The summed E-state index contributed by atoms with van der Waals surface area (Å²) < 4.78 is 29.7. The number of carbonyl (C=O) groups excluding carboxylic acids is 3. The van der Waals surface area contributed by atoms with E-state index in [-0.39, 0.29) is 48.1 Å². The summed E-state index contributed by atoms with van der Waals surface area (Å²) in [4.78, 5) is 50.8. The van der Waals surface area contributed by atoms with E-state index in [2.05, 4.69) is 10.0 Å². The smallest absolute Gasteiger partial charge is 0.363 e. The van der Waals surface area contributed by atoms with Crippen LogP contribution in [0.1, 0.15) is 38.1 Å². The molecule has 0 radical (unpaired) electrons. The van der Waals surface area contributed by atoms with Crippen molar-refractivity contribution >= 4 is 45.5 Å². The van der Waals surface area contributed by atoms with Crippen LogP contribution in [-0.2, 0) is 24.5 Å². The maximum Gasteiger partial charge on any atom is 0.363 e. The van der Waals surface area contributed by atoms with Crippen LogP contribution in [-0.4, -0.2) is 77.7 Å². The molecule has 4 rings (SSSR count). The van der Waals surface area contributed by atoms with Gasteiger partial charge >= 0.3 is 11.9 Å². The molecule has 1 aromatic carbocycles. The molecule has 2 saturated heterocycles. The van der Waals surface area contributed by atoms with E-state index in [1.54, 1.807) is 0 Å². The molecule has 0 bridgehead atoms. The van der Waals surface area contributed by atoms with Crippen LogP contribution in [0.3, 0.4) is 0 Å². The first-order valence-electron chi connectivity index (χ1n) is 11.7. The molecule has 0 saturated carbocycles. The molecule has 16 heteroatoms. The lowest BCUT2D eigenvalue weighted by Crippen LogP contribution is -2.63. The number of nitro benzene ring substituents is 1. The number of hydrogen-bond donors (Lipinski definition) is 4. The summed E-state index contributed by atoms with van der Waals surface area (Å²) in [5, 5.41) is 29.1. The van der Waals surface area contributed by atoms with Crippen molar-refractivity contribution < 1.29 is 37.6 Å². The lowest BCUT2D eigenvalue weighted by atomic mass is 9.79. The Balaban J connectivity index is 0.00000420. The molecule has 2 fully saturated rings. The maximum absolute atomic E-state index is 13.2. The molecule has 3 aliphatic heterocycles. The predicted octanol–water partition coefficient (Wildman–Crippen LogP) is 0.240. The minimum atomic E-state index is -3.85. The van der Waals surface area contributed by atoms with Crippen molar-refractivity contribution in [2.24, 2.45) is 17.0 Å². The molecule has 0 unspecified atom stereocenters. The van der Waals surface area contributed by atoms with Gasteiger partial charge in [-0.15, -0.1) is 11.8 Å². The number of amides is 1. The molecule has 5 N–H and O–H groups in total. The Hall–Kier alpha value is -2.89. The van der Waals surface area contributed by atoms with Gasteiger partial charge in [0.25, 0.3) is 15.9 Å². The van der Waals surface area contributed by atoms with Gasteiger partial charge in [-0.05, 0) is 25.5 Å². The summed E-state index contributed by atoms with van der Waals surface area (Å²) in [5.41, 5.74) is -0.390. The Morgan fingerprint density at radius 2 is 1.97 bits per heavy atom. The van der Waals surface area contributed by atoms with Crippen molar-refractivity contribution in [2.75, 3.05) is 13.1 Å². The summed E-state index contributed by atoms with van der Waals surface area (Å²) in [6.07, 6.45) is -0.414. The average molecular weight is 586 g/mol. The van der Waals surface area contributed by atoms with Crippen LogP contribution >= 0.6 is 11.8 Å². The third-order valence-electron chi connectivity index (χ3n) is 6.81. The number of ether oxygens (including phenoxy) is 1. The molecule has 0 aliphatic carbocycles. The highest BCUT2D eigenvalue weighted by molar-refractivity contribution is 8.03.